The Balaban J connectivity index is 2.04. The standard InChI is InChI=1S/C12H15N3O4/c1-8(17)13-5-10-6-15(12(18)19-10)11-4-2-3-9(7-16)14-11/h2-4,10,16H,5-7H2,1H3,(H,13,17). The summed E-state index contributed by atoms with van der Waals surface area (Å²) < 4.78 is 5.12. The van der Waals surface area contributed by atoms with E-state index >= 15 is 0 Å². The maximum atomic E-state index is 11.7. The number of nitrogens with zero attached hydrogens (tertiary/aromatic N) is 2. The van der Waals surface area contributed by atoms with E-state index in [1.54, 1.807) is 18.2 Å². The van der Waals surface area contributed by atoms with E-state index in [1.807, 2.05) is 0 Å². The van der Waals surface area contributed by atoms with Crippen molar-refractivity contribution < 1.29 is 19.4 Å². The van der Waals surface area contributed by atoms with E-state index in [9.17, 15) is 9.59 Å². The predicted octanol–water partition coefficient (Wildman–Crippen LogP) is 0.0352. The Bertz CT molecular complexity index is 492. The van der Waals surface area contributed by atoms with Crippen LogP contribution in [-0.4, -0.2) is 41.3 Å². The average Bonchev–Trinajstić information content (AvgIpc) is 2.78. The topological polar surface area (TPSA) is 91.8 Å². The Kier molecular flexibility index (Phi) is 3.96. The number of hydrogen-bond donors (Lipinski definition) is 2. The van der Waals surface area contributed by atoms with Crippen LogP contribution in [0, 0.1) is 0 Å². The number of aliphatic hydroxyl groups excluding tert-OH is 1. The SMILES string of the molecule is CC(=O)NCC1CN(c2cccc(CO)n2)C(=O)O1. The van der Waals surface area contributed by atoms with Gasteiger partial charge in [-0.1, -0.05) is 6.07 Å². The zero-order chi connectivity index (χ0) is 13.8. The quantitative estimate of drug-likeness (QED) is 0.801. The molecule has 2 heterocycles. The Morgan fingerprint density at radius 2 is 2.42 bits per heavy atom. The van der Waals surface area contributed by atoms with Gasteiger partial charge in [0.05, 0.1) is 25.4 Å². The third kappa shape index (κ3) is 3.19. The smallest absolute Gasteiger partial charge is 0.416 e. The molecule has 1 unspecified atom stereocenters. The molecule has 0 saturated carbocycles. The molecule has 1 aliphatic rings. The first-order valence-corrected chi connectivity index (χ1v) is 5.89. The van der Waals surface area contributed by atoms with E-state index in [4.69, 9.17) is 9.84 Å². The van der Waals surface area contributed by atoms with Gasteiger partial charge in [-0.25, -0.2) is 9.78 Å². The summed E-state index contributed by atoms with van der Waals surface area (Å²) in [4.78, 5) is 28.1. The first-order valence-electron chi connectivity index (χ1n) is 5.89. The second kappa shape index (κ2) is 5.66. The molecule has 2 N–H and O–H groups in total. The highest BCUT2D eigenvalue weighted by Gasteiger charge is 2.33. The molecule has 1 aromatic rings. The zero-order valence-corrected chi connectivity index (χ0v) is 10.5. The van der Waals surface area contributed by atoms with Crippen LogP contribution in [-0.2, 0) is 16.1 Å². The van der Waals surface area contributed by atoms with Crippen LogP contribution in [0.4, 0.5) is 10.6 Å². The molecule has 1 fully saturated rings. The van der Waals surface area contributed by atoms with Gasteiger partial charge in [-0.3, -0.25) is 9.69 Å². The molecule has 1 saturated heterocycles. The van der Waals surface area contributed by atoms with Crippen molar-refractivity contribution in [2.45, 2.75) is 19.6 Å². The highest BCUT2D eigenvalue weighted by molar-refractivity contribution is 5.88. The van der Waals surface area contributed by atoms with Crippen molar-refractivity contribution in [3.8, 4) is 0 Å². The third-order valence-corrected chi connectivity index (χ3v) is 2.68. The summed E-state index contributed by atoms with van der Waals surface area (Å²) in [5.41, 5.74) is 0.482. The van der Waals surface area contributed by atoms with Gasteiger partial charge in [-0.15, -0.1) is 0 Å². The minimum Gasteiger partial charge on any atom is -0.442 e. The summed E-state index contributed by atoms with van der Waals surface area (Å²) >= 11 is 0. The van der Waals surface area contributed by atoms with Gasteiger partial charge in [0.15, 0.2) is 0 Å². The van der Waals surface area contributed by atoms with Gasteiger partial charge in [0, 0.05) is 6.92 Å². The molecule has 19 heavy (non-hydrogen) atoms. The van der Waals surface area contributed by atoms with Gasteiger partial charge >= 0.3 is 6.09 Å². The lowest BCUT2D eigenvalue weighted by atomic mass is 10.3. The zero-order valence-electron chi connectivity index (χ0n) is 10.5. The molecule has 102 valence electrons. The molecule has 1 aliphatic heterocycles. The van der Waals surface area contributed by atoms with Crippen molar-refractivity contribution in [2.24, 2.45) is 0 Å². The van der Waals surface area contributed by atoms with E-state index < -0.39 is 12.2 Å². The molecule has 2 rings (SSSR count). The van der Waals surface area contributed by atoms with Crippen LogP contribution in [0.15, 0.2) is 18.2 Å². The minimum atomic E-state index is -0.502. The van der Waals surface area contributed by atoms with Crippen LogP contribution in [0.2, 0.25) is 0 Å². The number of hydrogen-bond acceptors (Lipinski definition) is 5. The Morgan fingerprint density at radius 1 is 1.63 bits per heavy atom. The van der Waals surface area contributed by atoms with Gasteiger partial charge < -0.3 is 15.2 Å². The molecular formula is C12H15N3O4. The molecule has 0 spiro atoms. The van der Waals surface area contributed by atoms with E-state index in [2.05, 4.69) is 10.3 Å². The number of amides is 2. The molecule has 7 heteroatoms. The van der Waals surface area contributed by atoms with Crippen LogP contribution in [0.1, 0.15) is 12.6 Å². The summed E-state index contributed by atoms with van der Waals surface area (Å²) in [6, 6.07) is 5.04. The summed E-state index contributed by atoms with van der Waals surface area (Å²) in [5.74, 6) is 0.261. The van der Waals surface area contributed by atoms with E-state index in [-0.39, 0.29) is 19.1 Å². The van der Waals surface area contributed by atoms with E-state index in [0.717, 1.165) is 0 Å². The maximum absolute atomic E-state index is 11.7. The van der Waals surface area contributed by atoms with Crippen molar-refractivity contribution in [1.29, 1.82) is 0 Å². The summed E-state index contributed by atoms with van der Waals surface area (Å²) in [6.45, 7) is 1.81. The third-order valence-electron chi connectivity index (χ3n) is 2.68. The number of carbonyl (C=O) groups excluding carboxylic acids is 2. The number of nitrogens with one attached hydrogen (secondary N) is 1. The van der Waals surface area contributed by atoms with E-state index in [1.165, 1.54) is 11.8 Å². The molecule has 1 atom stereocenters. The van der Waals surface area contributed by atoms with Crippen molar-refractivity contribution in [1.82, 2.24) is 10.3 Å². The maximum Gasteiger partial charge on any atom is 0.416 e. The highest BCUT2D eigenvalue weighted by Crippen LogP contribution is 2.19. The lowest BCUT2D eigenvalue weighted by Gasteiger charge is -2.12. The summed E-state index contributed by atoms with van der Waals surface area (Å²) in [5, 5.41) is 11.6. The Hall–Kier alpha value is -2.15. The molecule has 2 amide bonds. The average molecular weight is 265 g/mol. The second-order valence-corrected chi connectivity index (χ2v) is 4.20. The monoisotopic (exact) mass is 265 g/mol. The number of rotatable bonds is 4. The van der Waals surface area contributed by atoms with Gasteiger partial charge in [0.2, 0.25) is 5.91 Å². The van der Waals surface area contributed by atoms with Crippen molar-refractivity contribution >= 4 is 17.8 Å². The van der Waals surface area contributed by atoms with Crippen LogP contribution in [0.3, 0.4) is 0 Å². The molecule has 0 aromatic carbocycles. The lowest BCUT2D eigenvalue weighted by Crippen LogP contribution is -2.33. The van der Waals surface area contributed by atoms with E-state index in [0.29, 0.717) is 18.1 Å². The fourth-order valence-electron chi connectivity index (χ4n) is 1.78. The van der Waals surface area contributed by atoms with Crippen molar-refractivity contribution in [3.63, 3.8) is 0 Å². The number of pyridine rings is 1. The van der Waals surface area contributed by atoms with Crippen molar-refractivity contribution in [3.05, 3.63) is 23.9 Å². The molecule has 0 radical (unpaired) electrons. The molecule has 0 bridgehead atoms. The lowest BCUT2D eigenvalue weighted by molar-refractivity contribution is -0.119. The van der Waals surface area contributed by atoms with Gasteiger partial charge in [-0.2, -0.15) is 0 Å². The molecule has 7 nitrogen and oxygen atoms in total. The normalized spacial score (nSPS) is 18.3. The Labute approximate surface area is 110 Å². The number of ether oxygens (including phenoxy) is 1. The highest BCUT2D eigenvalue weighted by atomic mass is 16.6. The molecule has 1 aromatic heterocycles. The number of anilines is 1. The first kappa shape index (κ1) is 13.3. The summed E-state index contributed by atoms with van der Waals surface area (Å²) in [7, 11) is 0. The fourth-order valence-corrected chi connectivity index (χ4v) is 1.78. The number of cyclic esters (lactones) is 1. The van der Waals surface area contributed by atoms with Gasteiger partial charge in [0.25, 0.3) is 0 Å². The number of carbonyl (C=O) groups is 2. The second-order valence-electron chi connectivity index (χ2n) is 4.20. The summed E-state index contributed by atoms with van der Waals surface area (Å²) in [6.07, 6.45) is -0.895. The minimum absolute atomic E-state index is 0.171. The predicted molar refractivity (Wildman–Crippen MR) is 66.5 cm³/mol. The molecular weight excluding hydrogens is 250 g/mol. The van der Waals surface area contributed by atoms with Crippen LogP contribution in [0.25, 0.3) is 0 Å². The van der Waals surface area contributed by atoms with Gasteiger partial charge in [-0.05, 0) is 12.1 Å². The van der Waals surface area contributed by atoms with Crippen molar-refractivity contribution in [2.75, 3.05) is 18.0 Å². The van der Waals surface area contributed by atoms with Crippen LogP contribution < -0.4 is 10.2 Å². The first-order chi connectivity index (χ1) is 9.10. The Morgan fingerprint density at radius 3 is 3.11 bits per heavy atom. The van der Waals surface area contributed by atoms with Crippen LogP contribution in [0.5, 0.6) is 0 Å². The van der Waals surface area contributed by atoms with Gasteiger partial charge in [0.1, 0.15) is 11.9 Å². The molecule has 0 aliphatic carbocycles. The number of aromatic nitrogens is 1. The number of aliphatic hydroxyl groups is 1. The fraction of sp³-hybridized carbons (Fsp3) is 0.417. The largest absolute Gasteiger partial charge is 0.442 e. The van der Waals surface area contributed by atoms with Crippen LogP contribution >= 0.6 is 0 Å².